The molecular formula is C31H30F9N7O. The summed E-state index contributed by atoms with van der Waals surface area (Å²) in [4.78, 5) is 12.0. The summed E-state index contributed by atoms with van der Waals surface area (Å²) in [6, 6.07) is 1.33. The lowest BCUT2D eigenvalue weighted by atomic mass is 9.73. The van der Waals surface area contributed by atoms with E-state index in [1.54, 1.807) is 18.9 Å². The molecule has 0 saturated carbocycles. The van der Waals surface area contributed by atoms with E-state index < -0.39 is 86.7 Å². The molecule has 4 atom stereocenters. The van der Waals surface area contributed by atoms with Crippen LogP contribution in [0.4, 0.5) is 51.0 Å². The highest BCUT2D eigenvalue weighted by Crippen LogP contribution is 2.47. The second kappa shape index (κ2) is 12.1. The molecule has 0 aliphatic carbocycles. The summed E-state index contributed by atoms with van der Waals surface area (Å²) >= 11 is 0. The molecule has 1 aromatic heterocycles. The Bertz CT molecular complexity index is 1800. The van der Waals surface area contributed by atoms with Gasteiger partial charge >= 0.3 is 12.2 Å². The minimum atomic E-state index is -5.72. The number of nitrogens with two attached hydrogens (primary N) is 1. The largest absolute Gasteiger partial charge is 0.463 e. The molecule has 8 nitrogen and oxygen atoms in total. The van der Waals surface area contributed by atoms with Crippen LogP contribution in [0.1, 0.15) is 37.3 Å². The Morgan fingerprint density at radius 3 is 2.33 bits per heavy atom. The van der Waals surface area contributed by atoms with Crippen LogP contribution in [0.5, 0.6) is 6.01 Å². The van der Waals surface area contributed by atoms with Crippen LogP contribution in [0.2, 0.25) is 0 Å². The van der Waals surface area contributed by atoms with Crippen molar-refractivity contribution in [3.05, 3.63) is 40.5 Å². The third kappa shape index (κ3) is 5.72. The van der Waals surface area contributed by atoms with Crippen LogP contribution in [0.15, 0.2) is 6.07 Å². The van der Waals surface area contributed by atoms with Crippen LogP contribution in [0.25, 0.3) is 22.0 Å². The smallest absolute Gasteiger partial charge is 0.419 e. The molecule has 2 bridgehead atoms. The van der Waals surface area contributed by atoms with Crippen molar-refractivity contribution in [1.82, 2.24) is 20.2 Å². The topological polar surface area (TPSA) is 103 Å². The molecule has 0 amide bonds. The number of likely N-dealkylation sites (tertiary alicyclic amines) is 1. The quantitative estimate of drug-likeness (QED) is 0.245. The number of nitrogen functional groups attached to an aromatic ring is 1. The van der Waals surface area contributed by atoms with Crippen LogP contribution in [-0.4, -0.2) is 73.2 Å². The lowest BCUT2D eigenvalue weighted by Crippen LogP contribution is -2.51. The van der Waals surface area contributed by atoms with Crippen LogP contribution in [0.3, 0.4) is 0 Å². The zero-order valence-corrected chi connectivity index (χ0v) is 25.7. The van der Waals surface area contributed by atoms with Crippen molar-refractivity contribution in [2.75, 3.05) is 50.5 Å². The predicted octanol–water partition coefficient (Wildman–Crippen LogP) is 5.87. The summed E-state index contributed by atoms with van der Waals surface area (Å²) in [5.74, 6) is -9.26. The first kappa shape index (κ1) is 33.8. The van der Waals surface area contributed by atoms with E-state index >= 15 is 8.78 Å². The van der Waals surface area contributed by atoms with Gasteiger partial charge in [-0.15, -0.1) is 0 Å². The molecule has 3 saturated heterocycles. The summed E-state index contributed by atoms with van der Waals surface area (Å²) < 4.78 is 138. The lowest BCUT2D eigenvalue weighted by Gasteiger charge is -2.44. The van der Waals surface area contributed by atoms with Gasteiger partial charge in [0.2, 0.25) is 6.43 Å². The molecule has 3 aliphatic heterocycles. The second-order valence-corrected chi connectivity index (χ2v) is 13.0. The molecule has 3 aromatic rings. The highest BCUT2D eigenvalue weighted by molar-refractivity contribution is 5.95. The maximum Gasteiger partial charge on any atom is 0.419 e. The molecule has 0 spiro atoms. The molecule has 17 heteroatoms. The third-order valence-corrected chi connectivity index (χ3v) is 9.60. The Morgan fingerprint density at radius 1 is 1.06 bits per heavy atom. The SMILES string of the molecule is CN1CC[C@H](C(F)F)[C@](C)(COc2nc(N3C[C@H]4CC[C@@H](C3)N4)c3cc(F)c(-c4c(C#N)c(N)c(F)c(F)c4C(F)(F)F)c(F)c3n2)C1. The Hall–Kier alpha value is -4.04. The van der Waals surface area contributed by atoms with Crippen LogP contribution < -0.4 is 20.7 Å². The van der Waals surface area contributed by atoms with Gasteiger partial charge in [-0.1, -0.05) is 6.92 Å². The minimum Gasteiger partial charge on any atom is -0.463 e. The fraction of sp³-hybridized carbons (Fsp3) is 0.516. The molecular weight excluding hydrogens is 657 g/mol. The lowest BCUT2D eigenvalue weighted by molar-refractivity contribution is -0.139. The summed E-state index contributed by atoms with van der Waals surface area (Å²) in [5, 5.41) is 12.7. The Kier molecular flexibility index (Phi) is 8.55. The molecule has 258 valence electrons. The van der Waals surface area contributed by atoms with Gasteiger partial charge in [-0.25, -0.2) is 26.3 Å². The monoisotopic (exact) mass is 687 g/mol. The molecule has 3 fully saturated rings. The number of alkyl halides is 5. The van der Waals surface area contributed by atoms with Crippen molar-refractivity contribution in [3.8, 4) is 23.2 Å². The molecule has 3 N–H and O–H groups in total. The molecule has 0 radical (unpaired) electrons. The van der Waals surface area contributed by atoms with Crippen LogP contribution >= 0.6 is 0 Å². The van der Waals surface area contributed by atoms with E-state index in [0.29, 0.717) is 25.7 Å². The highest BCUT2D eigenvalue weighted by Gasteiger charge is 2.46. The van der Waals surface area contributed by atoms with E-state index in [1.807, 2.05) is 4.90 Å². The van der Waals surface area contributed by atoms with Gasteiger partial charge in [0.1, 0.15) is 28.8 Å². The van der Waals surface area contributed by atoms with Crippen molar-refractivity contribution in [2.24, 2.45) is 11.3 Å². The van der Waals surface area contributed by atoms with Crippen molar-refractivity contribution in [1.29, 1.82) is 5.26 Å². The van der Waals surface area contributed by atoms with E-state index in [1.165, 1.54) is 6.07 Å². The molecule has 48 heavy (non-hydrogen) atoms. The van der Waals surface area contributed by atoms with E-state index in [0.717, 1.165) is 12.8 Å². The first-order valence-corrected chi connectivity index (χ1v) is 15.1. The highest BCUT2D eigenvalue weighted by atomic mass is 19.4. The number of hydrogen-bond donors (Lipinski definition) is 2. The van der Waals surface area contributed by atoms with Gasteiger partial charge in [0.05, 0.1) is 23.4 Å². The number of halogens is 9. The van der Waals surface area contributed by atoms with Crippen molar-refractivity contribution >= 4 is 22.4 Å². The summed E-state index contributed by atoms with van der Waals surface area (Å²) in [7, 11) is 1.75. The normalized spacial score (nSPS) is 24.8. The van der Waals surface area contributed by atoms with Gasteiger partial charge in [-0.2, -0.15) is 28.4 Å². The molecule has 0 unspecified atom stereocenters. The number of nitrogens with zero attached hydrogens (tertiary/aromatic N) is 5. The summed E-state index contributed by atoms with van der Waals surface area (Å²) in [6.45, 7) is 2.54. The predicted molar refractivity (Wildman–Crippen MR) is 156 cm³/mol. The number of piperazine rings is 1. The second-order valence-electron chi connectivity index (χ2n) is 13.0. The number of ether oxygens (including phenoxy) is 1. The fourth-order valence-corrected chi connectivity index (χ4v) is 7.34. The maximum absolute atomic E-state index is 16.6. The minimum absolute atomic E-state index is 0.00622. The molecule has 3 aliphatic rings. The molecule has 4 heterocycles. The van der Waals surface area contributed by atoms with Gasteiger partial charge in [-0.3, -0.25) is 0 Å². The zero-order valence-electron chi connectivity index (χ0n) is 25.7. The number of piperidine rings is 1. The number of rotatable bonds is 6. The first-order valence-electron chi connectivity index (χ1n) is 15.1. The van der Waals surface area contributed by atoms with Gasteiger partial charge in [0.15, 0.2) is 17.5 Å². The fourth-order valence-electron chi connectivity index (χ4n) is 7.34. The van der Waals surface area contributed by atoms with Crippen LogP contribution in [-0.2, 0) is 6.18 Å². The third-order valence-electron chi connectivity index (χ3n) is 9.60. The molecule has 6 rings (SSSR count). The van der Waals surface area contributed by atoms with E-state index in [-0.39, 0.29) is 42.9 Å². The Balaban J connectivity index is 1.56. The maximum atomic E-state index is 16.6. The number of benzene rings is 2. The number of aromatic nitrogens is 2. The average Bonchev–Trinajstić information content (AvgIpc) is 3.35. The Labute approximate surface area is 268 Å². The zero-order chi connectivity index (χ0) is 34.9. The van der Waals surface area contributed by atoms with Crippen molar-refractivity contribution in [3.63, 3.8) is 0 Å². The van der Waals surface area contributed by atoms with Gasteiger partial charge < -0.3 is 25.6 Å². The van der Waals surface area contributed by atoms with Gasteiger partial charge in [0, 0.05) is 54.0 Å². The van der Waals surface area contributed by atoms with E-state index in [2.05, 4.69) is 15.3 Å². The standard InChI is InChI=1S/C31H30F9N7O/c1-30(11-46(2)6-5-17(30)27(36)37)12-48-29-44-26-15(28(45-29)47-9-13-3-4-14(10-47)43-13)7-18(32)20(22(26)33)19-16(8-41)25(42)24(35)23(34)21(19)31(38,39)40/h7,13-14,17,27,43H,3-6,9-12,42H2,1-2H3/t13-,14+,17-,30+/m1/s1. The number of hydrogen-bond acceptors (Lipinski definition) is 8. The van der Waals surface area contributed by atoms with Crippen LogP contribution in [0, 0.1) is 45.9 Å². The summed E-state index contributed by atoms with van der Waals surface area (Å²) in [5.41, 5.74) is -4.74. The Morgan fingerprint density at radius 2 is 1.73 bits per heavy atom. The van der Waals surface area contributed by atoms with Crippen molar-refractivity contribution < 1.29 is 44.3 Å². The van der Waals surface area contributed by atoms with E-state index in [9.17, 15) is 36.0 Å². The number of fused-ring (bicyclic) bond motifs is 3. The van der Waals surface area contributed by atoms with Gasteiger partial charge in [-0.05, 0) is 38.9 Å². The van der Waals surface area contributed by atoms with Gasteiger partial charge in [0.25, 0.3) is 0 Å². The van der Waals surface area contributed by atoms with E-state index in [4.69, 9.17) is 10.5 Å². The first-order chi connectivity index (χ1) is 22.5. The number of nitriles is 1. The number of nitrogens with one attached hydrogen (secondary N) is 1. The van der Waals surface area contributed by atoms with Crippen molar-refractivity contribution in [2.45, 2.75) is 50.9 Å². The summed E-state index contributed by atoms with van der Waals surface area (Å²) in [6.07, 6.45) is -6.63. The average molecular weight is 688 g/mol. The number of anilines is 2. The molecule has 2 aromatic carbocycles.